The van der Waals surface area contributed by atoms with Crippen LogP contribution >= 0.6 is 0 Å². The molecule has 1 aromatic rings. The second kappa shape index (κ2) is 4.36. The van der Waals surface area contributed by atoms with Crippen LogP contribution in [0.4, 0.5) is 11.5 Å². The summed E-state index contributed by atoms with van der Waals surface area (Å²) >= 11 is 0. The predicted octanol–water partition coefficient (Wildman–Crippen LogP) is 1.98. The Kier molecular flexibility index (Phi) is 3.17. The first kappa shape index (κ1) is 10.2. The molecule has 0 bridgehead atoms. The van der Waals surface area contributed by atoms with E-state index in [-0.39, 0.29) is 5.69 Å². The van der Waals surface area contributed by atoms with Crippen molar-refractivity contribution in [3.8, 4) is 0 Å². The van der Waals surface area contributed by atoms with Crippen molar-refractivity contribution in [1.29, 1.82) is 0 Å². The summed E-state index contributed by atoms with van der Waals surface area (Å²) in [6, 6.07) is 2.98. The molecule has 1 aromatic heterocycles. The van der Waals surface area contributed by atoms with Crippen molar-refractivity contribution in [2.24, 2.45) is 0 Å². The van der Waals surface area contributed by atoms with E-state index in [0.717, 1.165) is 5.57 Å². The highest BCUT2D eigenvalue weighted by Crippen LogP contribution is 2.11. The van der Waals surface area contributed by atoms with Gasteiger partial charge in [0.2, 0.25) is 0 Å². The van der Waals surface area contributed by atoms with Crippen LogP contribution in [0.3, 0.4) is 0 Å². The topological polar surface area (TPSA) is 68.1 Å². The van der Waals surface area contributed by atoms with Gasteiger partial charge in [0.05, 0.1) is 4.92 Å². The Morgan fingerprint density at radius 2 is 2.43 bits per heavy atom. The Bertz CT molecular complexity index is 346. The number of nitrogens with one attached hydrogen (secondary N) is 1. The summed E-state index contributed by atoms with van der Waals surface area (Å²) in [5.41, 5.74) is 0.969. The number of hydrogen-bond donors (Lipinski definition) is 1. The predicted molar refractivity (Wildman–Crippen MR) is 54.2 cm³/mol. The number of nitrogens with zero attached hydrogens (tertiary/aromatic N) is 2. The third-order valence-electron chi connectivity index (χ3n) is 1.53. The number of hydrogen-bond acceptors (Lipinski definition) is 4. The van der Waals surface area contributed by atoms with Gasteiger partial charge in [0, 0.05) is 12.6 Å². The highest BCUT2D eigenvalue weighted by Gasteiger charge is 2.04. The number of pyridine rings is 1. The van der Waals surface area contributed by atoms with E-state index < -0.39 is 4.92 Å². The Hall–Kier alpha value is -1.91. The molecule has 0 aromatic carbocycles. The molecule has 0 fully saturated rings. The fourth-order valence-electron chi connectivity index (χ4n) is 0.840. The van der Waals surface area contributed by atoms with Gasteiger partial charge in [-0.05, 0) is 13.0 Å². The molecule has 0 radical (unpaired) electrons. The molecule has 1 heterocycles. The lowest BCUT2D eigenvalue weighted by Gasteiger charge is -2.03. The van der Waals surface area contributed by atoms with Gasteiger partial charge in [0.25, 0.3) is 5.69 Å². The summed E-state index contributed by atoms with van der Waals surface area (Å²) in [5, 5.41) is 13.3. The van der Waals surface area contributed by atoms with Crippen LogP contribution in [-0.2, 0) is 0 Å². The van der Waals surface area contributed by atoms with Gasteiger partial charge in [-0.15, -0.1) is 0 Å². The lowest BCUT2D eigenvalue weighted by Crippen LogP contribution is -2.03. The molecule has 5 nitrogen and oxygen atoms in total. The number of anilines is 1. The number of aromatic nitrogens is 1. The summed E-state index contributed by atoms with van der Waals surface area (Å²) in [5.74, 6) is 0.610. The minimum Gasteiger partial charge on any atom is -0.366 e. The molecule has 0 aliphatic carbocycles. The van der Waals surface area contributed by atoms with E-state index in [1.54, 1.807) is 6.07 Å². The van der Waals surface area contributed by atoms with Crippen LogP contribution in [0.15, 0.2) is 30.5 Å². The van der Waals surface area contributed by atoms with Gasteiger partial charge in [-0.2, -0.15) is 0 Å². The summed E-state index contributed by atoms with van der Waals surface area (Å²) in [4.78, 5) is 13.7. The summed E-state index contributed by atoms with van der Waals surface area (Å²) in [7, 11) is 0. The van der Waals surface area contributed by atoms with Crippen molar-refractivity contribution < 1.29 is 4.92 Å². The molecule has 0 saturated carbocycles. The van der Waals surface area contributed by atoms with E-state index in [2.05, 4.69) is 16.9 Å². The normalized spacial score (nSPS) is 9.50. The van der Waals surface area contributed by atoms with Gasteiger partial charge in [-0.3, -0.25) is 10.1 Å². The minimum absolute atomic E-state index is 0.00845. The van der Waals surface area contributed by atoms with Gasteiger partial charge in [-0.1, -0.05) is 12.2 Å². The van der Waals surface area contributed by atoms with Gasteiger partial charge in [0.15, 0.2) is 0 Å². The summed E-state index contributed by atoms with van der Waals surface area (Å²) < 4.78 is 0. The summed E-state index contributed by atoms with van der Waals surface area (Å²) in [6.07, 6.45) is 1.22. The monoisotopic (exact) mass is 193 g/mol. The van der Waals surface area contributed by atoms with E-state index in [9.17, 15) is 10.1 Å². The molecule has 0 saturated heterocycles. The van der Waals surface area contributed by atoms with E-state index in [1.165, 1.54) is 12.3 Å². The molecule has 0 spiro atoms. The Morgan fingerprint density at radius 1 is 1.71 bits per heavy atom. The molecule has 0 amide bonds. The van der Waals surface area contributed by atoms with Crippen LogP contribution in [0.5, 0.6) is 0 Å². The lowest BCUT2D eigenvalue weighted by molar-refractivity contribution is -0.385. The van der Waals surface area contributed by atoms with Crippen molar-refractivity contribution in [2.75, 3.05) is 11.9 Å². The maximum absolute atomic E-state index is 10.3. The number of nitro groups is 1. The maximum Gasteiger partial charge on any atom is 0.287 e. The standard InChI is InChI=1S/C9H11N3O2/c1-7(2)5-10-9-4-3-8(6-11-9)12(13)14/h3-4,6H,1,5H2,2H3,(H,10,11). The highest BCUT2D eigenvalue weighted by molar-refractivity contribution is 5.40. The van der Waals surface area contributed by atoms with Crippen LogP contribution in [0.2, 0.25) is 0 Å². The fraction of sp³-hybridized carbons (Fsp3) is 0.222. The van der Waals surface area contributed by atoms with Gasteiger partial charge >= 0.3 is 0 Å². The fourth-order valence-corrected chi connectivity index (χ4v) is 0.840. The molecule has 1 rings (SSSR count). The van der Waals surface area contributed by atoms with Crippen molar-refractivity contribution in [1.82, 2.24) is 4.98 Å². The quantitative estimate of drug-likeness (QED) is 0.451. The molecule has 5 heteroatoms. The largest absolute Gasteiger partial charge is 0.366 e. The molecule has 0 aliphatic rings. The first-order valence-corrected chi connectivity index (χ1v) is 4.08. The van der Waals surface area contributed by atoms with E-state index in [4.69, 9.17) is 0 Å². The van der Waals surface area contributed by atoms with Crippen LogP contribution in [-0.4, -0.2) is 16.5 Å². The average Bonchev–Trinajstić information content (AvgIpc) is 2.15. The summed E-state index contributed by atoms with van der Waals surface area (Å²) in [6.45, 7) is 6.22. The first-order valence-electron chi connectivity index (χ1n) is 4.08. The molecule has 74 valence electrons. The van der Waals surface area contributed by atoms with Crippen LogP contribution in [0.25, 0.3) is 0 Å². The molecule has 0 unspecified atom stereocenters. The molecule has 14 heavy (non-hydrogen) atoms. The Balaban J connectivity index is 2.64. The number of rotatable bonds is 4. The van der Waals surface area contributed by atoms with Crippen LogP contribution in [0.1, 0.15) is 6.92 Å². The molecular formula is C9H11N3O2. The Labute approximate surface area is 81.6 Å². The van der Waals surface area contributed by atoms with Gasteiger partial charge in [0.1, 0.15) is 12.0 Å². The molecule has 1 N–H and O–H groups in total. The molecular weight excluding hydrogens is 182 g/mol. The SMILES string of the molecule is C=C(C)CNc1ccc([N+](=O)[O-])cn1. The van der Waals surface area contributed by atoms with Gasteiger partial charge < -0.3 is 5.32 Å². The van der Waals surface area contributed by atoms with Crippen molar-refractivity contribution in [3.05, 3.63) is 40.6 Å². The minimum atomic E-state index is -0.477. The Morgan fingerprint density at radius 3 is 2.86 bits per heavy atom. The van der Waals surface area contributed by atoms with Gasteiger partial charge in [-0.25, -0.2) is 4.98 Å². The molecule has 0 atom stereocenters. The maximum atomic E-state index is 10.3. The second-order valence-corrected chi connectivity index (χ2v) is 2.97. The van der Waals surface area contributed by atoms with E-state index in [1.807, 2.05) is 6.92 Å². The van der Waals surface area contributed by atoms with Crippen molar-refractivity contribution in [3.63, 3.8) is 0 Å². The molecule has 0 aliphatic heterocycles. The van der Waals surface area contributed by atoms with Crippen LogP contribution < -0.4 is 5.32 Å². The third-order valence-corrected chi connectivity index (χ3v) is 1.53. The lowest BCUT2D eigenvalue weighted by atomic mass is 10.3. The van der Waals surface area contributed by atoms with Crippen molar-refractivity contribution >= 4 is 11.5 Å². The smallest absolute Gasteiger partial charge is 0.287 e. The zero-order chi connectivity index (χ0) is 10.6. The van der Waals surface area contributed by atoms with Crippen LogP contribution in [0, 0.1) is 10.1 Å². The van der Waals surface area contributed by atoms with Crippen molar-refractivity contribution in [2.45, 2.75) is 6.92 Å². The highest BCUT2D eigenvalue weighted by atomic mass is 16.6. The average molecular weight is 193 g/mol. The zero-order valence-corrected chi connectivity index (χ0v) is 7.86. The first-order chi connectivity index (χ1) is 6.59. The second-order valence-electron chi connectivity index (χ2n) is 2.97. The zero-order valence-electron chi connectivity index (χ0n) is 7.86. The van der Waals surface area contributed by atoms with E-state index >= 15 is 0 Å². The van der Waals surface area contributed by atoms with E-state index in [0.29, 0.717) is 12.4 Å². The third kappa shape index (κ3) is 2.85.